The zero-order valence-electron chi connectivity index (χ0n) is 21.9. The summed E-state index contributed by atoms with van der Waals surface area (Å²) in [6.45, 7) is 4.19. The normalized spacial score (nSPS) is 17.1. The van der Waals surface area contributed by atoms with Crippen LogP contribution in [-0.2, 0) is 11.0 Å². The number of hydrogen-bond acceptors (Lipinski definition) is 3. The van der Waals surface area contributed by atoms with Gasteiger partial charge in [0.05, 0.1) is 23.3 Å². The number of anilines is 1. The van der Waals surface area contributed by atoms with E-state index in [0.717, 1.165) is 40.3 Å². The van der Waals surface area contributed by atoms with Gasteiger partial charge in [0.1, 0.15) is 0 Å². The van der Waals surface area contributed by atoms with Crippen molar-refractivity contribution in [2.75, 3.05) is 11.9 Å². The molecule has 2 N–H and O–H groups in total. The van der Waals surface area contributed by atoms with Gasteiger partial charge < -0.3 is 20.1 Å². The highest BCUT2D eigenvalue weighted by Crippen LogP contribution is 2.40. The molecule has 1 aliphatic heterocycles. The van der Waals surface area contributed by atoms with E-state index in [1.54, 1.807) is 29.1 Å². The molecule has 2 aromatic carbocycles. The molecular formula is C30H28F3N5OS. The quantitative estimate of drug-likeness (QED) is 0.251. The Kier molecular flexibility index (Phi) is 7.62. The average Bonchev–Trinajstić information content (AvgIpc) is 3.54. The van der Waals surface area contributed by atoms with Gasteiger partial charge in [-0.25, -0.2) is 0 Å². The van der Waals surface area contributed by atoms with Crippen LogP contribution in [0.4, 0.5) is 18.9 Å². The van der Waals surface area contributed by atoms with E-state index >= 15 is 0 Å². The van der Waals surface area contributed by atoms with Crippen molar-refractivity contribution in [3.05, 3.63) is 113 Å². The Morgan fingerprint density at radius 2 is 1.88 bits per heavy atom. The first-order valence-electron chi connectivity index (χ1n) is 12.8. The third kappa shape index (κ3) is 5.72. The summed E-state index contributed by atoms with van der Waals surface area (Å²) < 4.78 is 42.2. The number of nitrogens with one attached hydrogen (secondary N) is 2. The summed E-state index contributed by atoms with van der Waals surface area (Å²) in [4.78, 5) is 19.4. The minimum atomic E-state index is -4.47. The second-order valence-electron chi connectivity index (χ2n) is 9.79. The fourth-order valence-electron chi connectivity index (χ4n) is 4.98. The number of nitrogens with zero attached hydrogens (tertiary/aromatic N) is 3. The van der Waals surface area contributed by atoms with Gasteiger partial charge in [0.15, 0.2) is 5.11 Å². The van der Waals surface area contributed by atoms with Crippen LogP contribution in [0.5, 0.6) is 0 Å². The van der Waals surface area contributed by atoms with Gasteiger partial charge >= 0.3 is 6.18 Å². The molecule has 0 bridgehead atoms. The van der Waals surface area contributed by atoms with Crippen molar-refractivity contribution in [3.8, 4) is 5.69 Å². The number of carbonyl (C=O) groups excluding carboxylic acids is 1. The molecule has 0 unspecified atom stereocenters. The number of aromatic nitrogens is 2. The van der Waals surface area contributed by atoms with E-state index in [4.69, 9.17) is 12.2 Å². The Bertz CT molecular complexity index is 1540. The minimum absolute atomic E-state index is 0.158. The summed E-state index contributed by atoms with van der Waals surface area (Å²) in [5.74, 6) is -0.162. The Morgan fingerprint density at radius 1 is 1.05 bits per heavy atom. The third-order valence-electron chi connectivity index (χ3n) is 6.98. The van der Waals surface area contributed by atoms with Crippen molar-refractivity contribution in [2.24, 2.45) is 0 Å². The number of halogens is 3. The van der Waals surface area contributed by atoms with Crippen LogP contribution in [0.25, 0.3) is 5.69 Å². The minimum Gasteiger partial charge on any atom is -0.352 e. The van der Waals surface area contributed by atoms with Gasteiger partial charge in [0.2, 0.25) is 5.91 Å². The molecule has 206 valence electrons. The molecule has 0 radical (unpaired) electrons. The van der Waals surface area contributed by atoms with Crippen LogP contribution in [-0.4, -0.2) is 32.0 Å². The highest BCUT2D eigenvalue weighted by molar-refractivity contribution is 7.80. The number of hydrogen-bond donors (Lipinski definition) is 2. The van der Waals surface area contributed by atoms with E-state index < -0.39 is 17.8 Å². The predicted octanol–water partition coefficient (Wildman–Crippen LogP) is 6.51. The zero-order chi connectivity index (χ0) is 28.4. The molecule has 1 aliphatic rings. The van der Waals surface area contributed by atoms with Gasteiger partial charge in [0, 0.05) is 42.4 Å². The summed E-state index contributed by atoms with van der Waals surface area (Å²) in [5, 5.41) is 6.76. The number of aryl methyl sites for hydroxylation is 2. The van der Waals surface area contributed by atoms with Gasteiger partial charge in [0.25, 0.3) is 0 Å². The predicted molar refractivity (Wildman–Crippen MR) is 152 cm³/mol. The SMILES string of the molecule is Cc1ccc(C)c(NC(=O)CCN2C(=S)N[C@@H](c3ccccn3)[C@H]2c2cccn2-c2cccc(C(F)(F)F)c2)c1. The molecule has 1 saturated heterocycles. The van der Waals surface area contributed by atoms with Crippen molar-refractivity contribution in [2.45, 2.75) is 38.5 Å². The molecule has 10 heteroatoms. The number of rotatable bonds is 7. The van der Waals surface area contributed by atoms with Crippen LogP contribution in [0.1, 0.15) is 46.6 Å². The summed E-state index contributed by atoms with van der Waals surface area (Å²) in [5.41, 5.74) is 3.86. The number of carbonyl (C=O) groups is 1. The van der Waals surface area contributed by atoms with Crippen molar-refractivity contribution in [1.82, 2.24) is 19.8 Å². The monoisotopic (exact) mass is 563 g/mol. The summed E-state index contributed by atoms with van der Waals surface area (Å²) in [7, 11) is 0. The number of thiocarbonyl (C=S) groups is 1. The molecule has 6 nitrogen and oxygen atoms in total. The van der Waals surface area contributed by atoms with Crippen LogP contribution in [0.2, 0.25) is 0 Å². The highest BCUT2D eigenvalue weighted by Gasteiger charge is 2.41. The number of benzene rings is 2. The zero-order valence-corrected chi connectivity index (χ0v) is 22.8. The molecule has 1 fully saturated rings. The lowest BCUT2D eigenvalue weighted by atomic mass is 10.0. The fourth-order valence-corrected chi connectivity index (χ4v) is 5.31. The maximum absolute atomic E-state index is 13.5. The maximum atomic E-state index is 13.5. The maximum Gasteiger partial charge on any atom is 0.416 e. The molecule has 1 amide bonds. The van der Waals surface area contributed by atoms with Crippen LogP contribution < -0.4 is 10.6 Å². The second-order valence-corrected chi connectivity index (χ2v) is 10.2. The van der Waals surface area contributed by atoms with Crippen LogP contribution in [0.15, 0.2) is 85.2 Å². The van der Waals surface area contributed by atoms with Gasteiger partial charge in [-0.1, -0.05) is 24.3 Å². The van der Waals surface area contributed by atoms with Gasteiger partial charge in [-0.15, -0.1) is 0 Å². The molecule has 0 aliphatic carbocycles. The molecule has 2 atom stereocenters. The molecule has 2 aromatic heterocycles. The lowest BCUT2D eigenvalue weighted by Gasteiger charge is -2.29. The lowest BCUT2D eigenvalue weighted by molar-refractivity contribution is -0.137. The largest absolute Gasteiger partial charge is 0.416 e. The Labute approximate surface area is 235 Å². The van der Waals surface area contributed by atoms with Crippen LogP contribution in [0.3, 0.4) is 0 Å². The van der Waals surface area contributed by atoms with Crippen molar-refractivity contribution >= 4 is 28.9 Å². The molecule has 0 spiro atoms. The first-order valence-corrected chi connectivity index (χ1v) is 13.2. The number of amides is 1. The smallest absolute Gasteiger partial charge is 0.352 e. The van der Waals surface area contributed by atoms with Gasteiger partial charge in [-0.3, -0.25) is 9.78 Å². The Morgan fingerprint density at radius 3 is 2.62 bits per heavy atom. The third-order valence-corrected chi connectivity index (χ3v) is 7.33. The van der Waals surface area contributed by atoms with Crippen molar-refractivity contribution in [1.29, 1.82) is 0 Å². The number of pyridine rings is 1. The molecule has 4 aromatic rings. The van der Waals surface area contributed by atoms with Crippen LogP contribution in [0, 0.1) is 13.8 Å². The van der Waals surface area contributed by atoms with E-state index in [2.05, 4.69) is 15.6 Å². The molecule has 40 heavy (non-hydrogen) atoms. The van der Waals surface area contributed by atoms with Crippen molar-refractivity contribution < 1.29 is 18.0 Å². The van der Waals surface area contributed by atoms with E-state index in [9.17, 15) is 18.0 Å². The molecule has 3 heterocycles. The highest BCUT2D eigenvalue weighted by atomic mass is 32.1. The molecular weight excluding hydrogens is 535 g/mol. The van der Waals surface area contributed by atoms with E-state index in [0.29, 0.717) is 17.3 Å². The Hall–Kier alpha value is -4.18. The number of alkyl halides is 3. The van der Waals surface area contributed by atoms with Crippen LogP contribution >= 0.6 is 12.2 Å². The van der Waals surface area contributed by atoms with E-state index in [1.807, 2.05) is 61.2 Å². The fraction of sp³-hybridized carbons (Fsp3) is 0.233. The summed E-state index contributed by atoms with van der Waals surface area (Å²) in [6.07, 6.45) is -0.896. The second kappa shape index (κ2) is 11.1. The van der Waals surface area contributed by atoms with Crippen molar-refractivity contribution in [3.63, 3.8) is 0 Å². The summed E-state index contributed by atoms with van der Waals surface area (Å²) in [6, 6.07) is 19.5. The van der Waals surface area contributed by atoms with Gasteiger partial charge in [-0.05, 0) is 85.7 Å². The lowest BCUT2D eigenvalue weighted by Crippen LogP contribution is -2.33. The Balaban J connectivity index is 1.46. The first kappa shape index (κ1) is 27.4. The summed E-state index contributed by atoms with van der Waals surface area (Å²) >= 11 is 5.72. The van der Waals surface area contributed by atoms with E-state index in [-0.39, 0.29) is 18.4 Å². The van der Waals surface area contributed by atoms with E-state index in [1.165, 1.54) is 6.07 Å². The standard InChI is InChI=1S/C30H28F3N5OS/c1-19-11-12-20(2)24(17-19)35-26(39)13-16-38-28(27(36-29(38)40)23-9-3-4-14-34-23)25-10-6-15-37(25)22-8-5-7-21(18-22)30(31,32)33/h3-12,14-15,17-18,27-28H,13,16H2,1-2H3,(H,35,39)(H,36,40)/t27-,28+/m0/s1. The topological polar surface area (TPSA) is 62.2 Å². The van der Waals surface area contributed by atoms with Gasteiger partial charge in [-0.2, -0.15) is 13.2 Å². The molecule has 5 rings (SSSR count). The first-order chi connectivity index (χ1) is 19.1. The average molecular weight is 564 g/mol. The molecule has 0 saturated carbocycles.